The van der Waals surface area contributed by atoms with Gasteiger partial charge < -0.3 is 15.0 Å². The number of nitrogens with one attached hydrogen (secondary N) is 1. The number of hydrogen-bond acceptors (Lipinski definition) is 4. The summed E-state index contributed by atoms with van der Waals surface area (Å²) in [5, 5.41) is 3.00. The molecule has 1 aliphatic carbocycles. The molecule has 0 saturated heterocycles. The number of rotatable bonds is 8. The predicted octanol–water partition coefficient (Wildman–Crippen LogP) is 2.26. The highest BCUT2D eigenvalue weighted by Gasteiger charge is 2.22. The van der Waals surface area contributed by atoms with E-state index in [1.165, 1.54) is 12.8 Å². The van der Waals surface area contributed by atoms with E-state index in [2.05, 4.69) is 32.8 Å². The number of carbonyl (C=O) groups excluding carboxylic acids is 1. The van der Waals surface area contributed by atoms with Crippen molar-refractivity contribution in [3.8, 4) is 5.75 Å². The summed E-state index contributed by atoms with van der Waals surface area (Å²) in [5.41, 5.74) is 0.656. The molecule has 0 heterocycles. The highest BCUT2D eigenvalue weighted by Crippen LogP contribution is 2.28. The van der Waals surface area contributed by atoms with Gasteiger partial charge in [-0.2, -0.15) is 0 Å². The maximum atomic E-state index is 12.3. The van der Waals surface area contributed by atoms with Gasteiger partial charge in [0, 0.05) is 18.7 Å². The average molecular weight is 431 g/mol. The molecule has 1 saturated carbocycles. The minimum Gasteiger partial charge on any atom is -0.473 e. The highest BCUT2D eigenvalue weighted by atomic mass is 127. The molecule has 6 heteroatoms. The van der Waals surface area contributed by atoms with Gasteiger partial charge in [0.2, 0.25) is 0 Å². The van der Waals surface area contributed by atoms with Crippen LogP contribution < -0.4 is 10.1 Å². The van der Waals surface area contributed by atoms with Gasteiger partial charge in [-0.3, -0.25) is 9.69 Å². The van der Waals surface area contributed by atoms with Gasteiger partial charge in [0.15, 0.2) is 6.23 Å². The molecule has 5 nitrogen and oxygen atoms in total. The van der Waals surface area contributed by atoms with Crippen LogP contribution in [0.4, 0.5) is 0 Å². The maximum absolute atomic E-state index is 12.3. The lowest BCUT2D eigenvalue weighted by Crippen LogP contribution is -2.41. The van der Waals surface area contributed by atoms with Crippen molar-refractivity contribution < 1.29 is 9.53 Å². The van der Waals surface area contributed by atoms with E-state index in [4.69, 9.17) is 4.74 Å². The Morgan fingerprint density at radius 2 is 2.04 bits per heavy atom. The summed E-state index contributed by atoms with van der Waals surface area (Å²) in [6.07, 6.45) is 2.40. The zero-order chi connectivity index (χ0) is 17.0. The first kappa shape index (κ1) is 18.5. The molecule has 1 aliphatic rings. The Hall–Kier alpha value is -0.860. The number of amides is 1. The Labute approximate surface area is 152 Å². The Kier molecular flexibility index (Phi) is 6.67. The molecule has 0 aromatic heterocycles. The number of ether oxygens (including phenoxy) is 1. The normalized spacial score (nSPS) is 15.8. The second-order valence-corrected chi connectivity index (χ2v) is 7.76. The minimum atomic E-state index is -0.0664. The third-order valence-electron chi connectivity index (χ3n) is 3.80. The fourth-order valence-corrected chi connectivity index (χ4v) is 2.62. The summed E-state index contributed by atoms with van der Waals surface area (Å²) in [6.45, 7) is 1.56. The van der Waals surface area contributed by atoms with Crippen LogP contribution in [-0.2, 0) is 0 Å². The molecule has 1 N–H and O–H groups in total. The van der Waals surface area contributed by atoms with Crippen LogP contribution >= 0.6 is 22.6 Å². The van der Waals surface area contributed by atoms with E-state index in [0.717, 1.165) is 22.4 Å². The van der Waals surface area contributed by atoms with Crippen LogP contribution in [0.15, 0.2) is 18.2 Å². The molecule has 1 unspecified atom stereocenters. The average Bonchev–Trinajstić information content (AvgIpc) is 3.29. The molecule has 1 fully saturated rings. The van der Waals surface area contributed by atoms with E-state index in [1.54, 1.807) is 0 Å². The molecule has 1 atom stereocenters. The van der Waals surface area contributed by atoms with Crippen LogP contribution in [0.25, 0.3) is 0 Å². The van der Waals surface area contributed by atoms with Crippen LogP contribution in [0.1, 0.15) is 23.2 Å². The van der Waals surface area contributed by atoms with Crippen LogP contribution in [-0.4, -0.2) is 63.2 Å². The van der Waals surface area contributed by atoms with Gasteiger partial charge in [0.1, 0.15) is 5.75 Å². The third kappa shape index (κ3) is 5.93. The standard InChI is InChI=1S/C17H26IN3O2/c1-20(2)11-16(21(3)4)23-15-9-13(7-8-14(15)18)17(22)19-10-12-5-6-12/h7-9,12,16H,5-6,10-11H2,1-4H3,(H,19,22). The fourth-order valence-electron chi connectivity index (χ4n) is 2.16. The first-order chi connectivity index (χ1) is 10.9. The van der Waals surface area contributed by atoms with Gasteiger partial charge in [0.25, 0.3) is 5.91 Å². The Balaban J connectivity index is 2.07. The topological polar surface area (TPSA) is 44.8 Å². The van der Waals surface area contributed by atoms with Crippen molar-refractivity contribution in [1.29, 1.82) is 0 Å². The number of likely N-dealkylation sites (N-methyl/N-ethyl adjacent to an activating group) is 2. The molecule has 23 heavy (non-hydrogen) atoms. The molecule has 2 rings (SSSR count). The van der Waals surface area contributed by atoms with E-state index < -0.39 is 0 Å². The number of halogens is 1. The van der Waals surface area contributed by atoms with Crippen LogP contribution in [0, 0.1) is 9.49 Å². The Morgan fingerprint density at radius 3 is 2.61 bits per heavy atom. The smallest absolute Gasteiger partial charge is 0.251 e. The minimum absolute atomic E-state index is 0.0211. The second-order valence-electron chi connectivity index (χ2n) is 6.60. The third-order valence-corrected chi connectivity index (χ3v) is 4.69. The van der Waals surface area contributed by atoms with Gasteiger partial charge in [-0.05, 0) is 87.7 Å². The lowest BCUT2D eigenvalue weighted by Gasteiger charge is -2.28. The van der Waals surface area contributed by atoms with Crippen LogP contribution in [0.3, 0.4) is 0 Å². The van der Waals surface area contributed by atoms with Crippen molar-refractivity contribution in [2.24, 2.45) is 5.92 Å². The molecular weight excluding hydrogens is 405 g/mol. The zero-order valence-corrected chi connectivity index (χ0v) is 16.5. The quantitative estimate of drug-likeness (QED) is 0.507. The summed E-state index contributed by atoms with van der Waals surface area (Å²) in [5.74, 6) is 1.41. The monoisotopic (exact) mass is 431 g/mol. The van der Waals surface area contributed by atoms with Crippen molar-refractivity contribution in [2.45, 2.75) is 19.1 Å². The van der Waals surface area contributed by atoms with Crippen molar-refractivity contribution in [3.63, 3.8) is 0 Å². The Bertz CT molecular complexity index is 545. The molecule has 1 aromatic carbocycles. The fraction of sp³-hybridized carbons (Fsp3) is 0.588. The van der Waals surface area contributed by atoms with E-state index in [-0.39, 0.29) is 12.1 Å². The number of benzene rings is 1. The van der Waals surface area contributed by atoms with Gasteiger partial charge >= 0.3 is 0 Å². The largest absolute Gasteiger partial charge is 0.473 e. The van der Waals surface area contributed by atoms with Crippen molar-refractivity contribution in [2.75, 3.05) is 41.3 Å². The number of nitrogens with zero attached hydrogens (tertiary/aromatic N) is 2. The predicted molar refractivity (Wildman–Crippen MR) is 101 cm³/mol. The summed E-state index contributed by atoms with van der Waals surface area (Å²) in [7, 11) is 8.03. The summed E-state index contributed by atoms with van der Waals surface area (Å²) < 4.78 is 7.15. The van der Waals surface area contributed by atoms with E-state index in [1.807, 2.05) is 51.3 Å². The first-order valence-corrected chi connectivity index (χ1v) is 9.00. The van der Waals surface area contributed by atoms with Crippen LogP contribution in [0.2, 0.25) is 0 Å². The van der Waals surface area contributed by atoms with Crippen LogP contribution in [0.5, 0.6) is 5.75 Å². The van der Waals surface area contributed by atoms with E-state index in [0.29, 0.717) is 11.5 Å². The van der Waals surface area contributed by atoms with Gasteiger partial charge in [-0.25, -0.2) is 0 Å². The molecule has 0 aliphatic heterocycles. The zero-order valence-electron chi connectivity index (χ0n) is 14.3. The molecule has 0 bridgehead atoms. The lowest BCUT2D eigenvalue weighted by atomic mass is 10.2. The van der Waals surface area contributed by atoms with E-state index in [9.17, 15) is 4.79 Å². The Morgan fingerprint density at radius 1 is 1.35 bits per heavy atom. The second kappa shape index (κ2) is 8.30. The molecule has 0 spiro atoms. The van der Waals surface area contributed by atoms with Gasteiger partial charge in [0.05, 0.1) is 3.57 Å². The molecule has 0 radical (unpaired) electrons. The summed E-state index contributed by atoms with van der Waals surface area (Å²) in [4.78, 5) is 16.4. The lowest BCUT2D eigenvalue weighted by molar-refractivity contribution is 0.0409. The molecule has 1 amide bonds. The van der Waals surface area contributed by atoms with Gasteiger partial charge in [-0.1, -0.05) is 0 Å². The molecule has 128 valence electrons. The van der Waals surface area contributed by atoms with Crippen molar-refractivity contribution in [1.82, 2.24) is 15.1 Å². The number of carbonyl (C=O) groups is 1. The summed E-state index contributed by atoms with van der Waals surface area (Å²) in [6, 6.07) is 5.63. The summed E-state index contributed by atoms with van der Waals surface area (Å²) >= 11 is 2.24. The highest BCUT2D eigenvalue weighted by molar-refractivity contribution is 14.1. The maximum Gasteiger partial charge on any atom is 0.251 e. The molecule has 1 aromatic rings. The SMILES string of the molecule is CN(C)CC(Oc1cc(C(=O)NCC2CC2)ccc1I)N(C)C. The first-order valence-electron chi connectivity index (χ1n) is 7.92. The van der Waals surface area contributed by atoms with Crippen molar-refractivity contribution >= 4 is 28.5 Å². The number of hydrogen-bond donors (Lipinski definition) is 1. The molecular formula is C17H26IN3O2. The van der Waals surface area contributed by atoms with E-state index >= 15 is 0 Å². The van der Waals surface area contributed by atoms with Crippen molar-refractivity contribution in [3.05, 3.63) is 27.3 Å². The van der Waals surface area contributed by atoms with Gasteiger partial charge in [-0.15, -0.1) is 0 Å².